The molecule has 0 unspecified atom stereocenters. The molecular weight excluding hydrogens is 246 g/mol. The standard InChI is InChI=1S/C14H13NO4/c1-10-12(7-8-18-10)14(17)19-9-13(16)15-11-5-3-2-4-6-11/h2-8H,9H2,1H3,(H,15,16). The smallest absolute Gasteiger partial charge is 0.342 e. The van der Waals surface area contributed by atoms with Crippen LogP contribution in [0.25, 0.3) is 0 Å². The summed E-state index contributed by atoms with van der Waals surface area (Å²) in [4.78, 5) is 23.2. The molecular formula is C14H13NO4. The number of benzene rings is 1. The van der Waals surface area contributed by atoms with E-state index in [0.29, 0.717) is 17.0 Å². The zero-order chi connectivity index (χ0) is 13.7. The van der Waals surface area contributed by atoms with Crippen molar-refractivity contribution in [2.45, 2.75) is 6.92 Å². The average Bonchev–Trinajstić information content (AvgIpc) is 2.83. The highest BCUT2D eigenvalue weighted by molar-refractivity contribution is 5.95. The van der Waals surface area contributed by atoms with Crippen LogP contribution >= 0.6 is 0 Å². The van der Waals surface area contributed by atoms with Crippen molar-refractivity contribution in [3.8, 4) is 0 Å². The summed E-state index contributed by atoms with van der Waals surface area (Å²) in [5.74, 6) is -0.497. The summed E-state index contributed by atoms with van der Waals surface area (Å²) in [5.41, 5.74) is 0.982. The van der Waals surface area contributed by atoms with E-state index in [0.717, 1.165) is 0 Å². The third kappa shape index (κ3) is 3.45. The van der Waals surface area contributed by atoms with Crippen LogP contribution in [0.15, 0.2) is 47.1 Å². The number of esters is 1. The van der Waals surface area contributed by atoms with Crippen LogP contribution in [-0.2, 0) is 9.53 Å². The first-order chi connectivity index (χ1) is 9.16. The number of anilines is 1. The van der Waals surface area contributed by atoms with Crippen molar-refractivity contribution in [2.75, 3.05) is 11.9 Å². The Morgan fingerprint density at radius 2 is 1.95 bits per heavy atom. The summed E-state index contributed by atoms with van der Waals surface area (Å²) in [6.07, 6.45) is 1.40. The van der Waals surface area contributed by atoms with E-state index in [1.165, 1.54) is 12.3 Å². The van der Waals surface area contributed by atoms with E-state index in [4.69, 9.17) is 9.15 Å². The van der Waals surface area contributed by atoms with E-state index in [9.17, 15) is 9.59 Å². The summed E-state index contributed by atoms with van der Waals surface area (Å²) in [5, 5.41) is 2.62. The maximum absolute atomic E-state index is 11.6. The molecule has 1 aromatic heterocycles. The highest BCUT2D eigenvalue weighted by atomic mass is 16.5. The molecule has 0 aliphatic carbocycles. The molecule has 2 aromatic rings. The molecule has 98 valence electrons. The van der Waals surface area contributed by atoms with Crippen molar-refractivity contribution >= 4 is 17.6 Å². The number of para-hydroxylation sites is 1. The number of amides is 1. The third-order valence-electron chi connectivity index (χ3n) is 2.47. The van der Waals surface area contributed by atoms with E-state index >= 15 is 0 Å². The number of furan rings is 1. The Balaban J connectivity index is 1.84. The first-order valence-corrected chi connectivity index (χ1v) is 5.73. The maximum atomic E-state index is 11.6. The number of carbonyl (C=O) groups excluding carboxylic acids is 2. The van der Waals surface area contributed by atoms with Gasteiger partial charge in [-0.15, -0.1) is 0 Å². The van der Waals surface area contributed by atoms with Gasteiger partial charge in [-0.2, -0.15) is 0 Å². The predicted molar refractivity (Wildman–Crippen MR) is 68.8 cm³/mol. The van der Waals surface area contributed by atoms with Crippen LogP contribution in [0, 0.1) is 6.92 Å². The van der Waals surface area contributed by atoms with Gasteiger partial charge in [0.1, 0.15) is 11.3 Å². The molecule has 2 rings (SSSR count). The second-order valence-electron chi connectivity index (χ2n) is 3.88. The Labute approximate surface area is 110 Å². The van der Waals surface area contributed by atoms with Gasteiger partial charge in [0.25, 0.3) is 5.91 Å². The minimum atomic E-state index is -0.575. The monoisotopic (exact) mass is 259 g/mol. The van der Waals surface area contributed by atoms with Crippen LogP contribution in [-0.4, -0.2) is 18.5 Å². The molecule has 0 aliphatic rings. The van der Waals surface area contributed by atoms with Gasteiger partial charge < -0.3 is 14.5 Å². The third-order valence-corrected chi connectivity index (χ3v) is 2.47. The first kappa shape index (κ1) is 12.9. The van der Waals surface area contributed by atoms with Gasteiger partial charge in [-0.05, 0) is 25.1 Å². The van der Waals surface area contributed by atoms with E-state index in [-0.39, 0.29) is 12.5 Å². The number of aryl methyl sites for hydroxylation is 1. The number of hydrogen-bond acceptors (Lipinski definition) is 4. The molecule has 0 saturated carbocycles. The topological polar surface area (TPSA) is 68.5 Å². The fourth-order valence-corrected chi connectivity index (χ4v) is 1.52. The SMILES string of the molecule is Cc1occc1C(=O)OCC(=O)Nc1ccccc1. The van der Waals surface area contributed by atoms with Gasteiger partial charge in [-0.3, -0.25) is 4.79 Å². The van der Waals surface area contributed by atoms with Gasteiger partial charge in [0.2, 0.25) is 0 Å². The Hall–Kier alpha value is -2.56. The van der Waals surface area contributed by atoms with E-state index in [2.05, 4.69) is 5.32 Å². The highest BCUT2D eigenvalue weighted by Gasteiger charge is 2.14. The molecule has 1 aromatic carbocycles. The molecule has 1 heterocycles. The highest BCUT2D eigenvalue weighted by Crippen LogP contribution is 2.10. The van der Waals surface area contributed by atoms with Gasteiger partial charge in [0.05, 0.1) is 6.26 Å². The lowest BCUT2D eigenvalue weighted by molar-refractivity contribution is -0.119. The molecule has 0 bridgehead atoms. The summed E-state index contributed by atoms with van der Waals surface area (Å²) in [6, 6.07) is 10.5. The number of nitrogens with one attached hydrogen (secondary N) is 1. The Bertz CT molecular complexity index is 574. The second-order valence-corrected chi connectivity index (χ2v) is 3.88. The molecule has 0 spiro atoms. The van der Waals surface area contributed by atoms with Crippen molar-refractivity contribution in [1.82, 2.24) is 0 Å². The average molecular weight is 259 g/mol. The normalized spacial score (nSPS) is 9.95. The second kappa shape index (κ2) is 5.86. The van der Waals surface area contributed by atoms with Crippen LogP contribution in [0.1, 0.15) is 16.1 Å². The van der Waals surface area contributed by atoms with Gasteiger partial charge in [-0.25, -0.2) is 4.79 Å². The van der Waals surface area contributed by atoms with Crippen molar-refractivity contribution in [3.63, 3.8) is 0 Å². The lowest BCUT2D eigenvalue weighted by Gasteiger charge is -2.05. The van der Waals surface area contributed by atoms with Crippen molar-refractivity contribution in [3.05, 3.63) is 54.0 Å². The largest absolute Gasteiger partial charge is 0.469 e. The van der Waals surface area contributed by atoms with Crippen molar-refractivity contribution in [2.24, 2.45) is 0 Å². The van der Waals surface area contributed by atoms with E-state index < -0.39 is 5.97 Å². The molecule has 1 N–H and O–H groups in total. The van der Waals surface area contributed by atoms with Crippen LogP contribution in [0.2, 0.25) is 0 Å². The fraction of sp³-hybridized carbons (Fsp3) is 0.143. The predicted octanol–water partition coefficient (Wildman–Crippen LogP) is 2.38. The van der Waals surface area contributed by atoms with Crippen LogP contribution < -0.4 is 5.32 Å². The summed E-state index contributed by atoms with van der Waals surface area (Å²) < 4.78 is 9.88. The summed E-state index contributed by atoms with van der Waals surface area (Å²) in [6.45, 7) is 1.32. The van der Waals surface area contributed by atoms with Gasteiger partial charge >= 0.3 is 5.97 Å². The number of ether oxygens (including phenoxy) is 1. The van der Waals surface area contributed by atoms with E-state index in [1.54, 1.807) is 31.2 Å². The summed E-state index contributed by atoms with van der Waals surface area (Å²) >= 11 is 0. The molecule has 0 radical (unpaired) electrons. The zero-order valence-electron chi connectivity index (χ0n) is 10.4. The van der Waals surface area contributed by atoms with Gasteiger partial charge in [0.15, 0.2) is 6.61 Å². The van der Waals surface area contributed by atoms with Crippen molar-refractivity contribution < 1.29 is 18.7 Å². The molecule has 0 atom stereocenters. The van der Waals surface area contributed by atoms with E-state index in [1.807, 2.05) is 6.07 Å². The lowest BCUT2D eigenvalue weighted by Crippen LogP contribution is -2.20. The minimum Gasteiger partial charge on any atom is -0.469 e. The molecule has 0 saturated heterocycles. The van der Waals surface area contributed by atoms with Crippen LogP contribution in [0.5, 0.6) is 0 Å². The first-order valence-electron chi connectivity index (χ1n) is 5.73. The fourth-order valence-electron chi connectivity index (χ4n) is 1.52. The number of carbonyl (C=O) groups is 2. The van der Waals surface area contributed by atoms with Gasteiger partial charge in [-0.1, -0.05) is 18.2 Å². The van der Waals surface area contributed by atoms with Gasteiger partial charge in [0, 0.05) is 5.69 Å². The maximum Gasteiger partial charge on any atom is 0.342 e. The molecule has 1 amide bonds. The molecule has 0 fully saturated rings. The summed E-state index contributed by atoms with van der Waals surface area (Å²) in [7, 11) is 0. The molecule has 0 aliphatic heterocycles. The Morgan fingerprint density at radius 1 is 1.21 bits per heavy atom. The number of rotatable bonds is 4. The zero-order valence-corrected chi connectivity index (χ0v) is 10.4. The van der Waals surface area contributed by atoms with Crippen LogP contribution in [0.3, 0.4) is 0 Å². The quantitative estimate of drug-likeness (QED) is 0.856. The Kier molecular flexibility index (Phi) is 3.97. The van der Waals surface area contributed by atoms with Crippen molar-refractivity contribution in [1.29, 1.82) is 0 Å². The Morgan fingerprint density at radius 3 is 2.58 bits per heavy atom. The molecule has 19 heavy (non-hydrogen) atoms. The lowest BCUT2D eigenvalue weighted by atomic mass is 10.3. The number of hydrogen-bond donors (Lipinski definition) is 1. The molecule has 5 nitrogen and oxygen atoms in total. The van der Waals surface area contributed by atoms with Crippen LogP contribution in [0.4, 0.5) is 5.69 Å². The minimum absolute atomic E-state index is 0.326. The molecule has 5 heteroatoms.